The molecule has 0 bridgehead atoms. The lowest BCUT2D eigenvalue weighted by Gasteiger charge is -2.36. The van der Waals surface area contributed by atoms with Gasteiger partial charge in [0.15, 0.2) is 11.5 Å². The highest BCUT2D eigenvalue weighted by atomic mass is 31.2. The van der Waals surface area contributed by atoms with E-state index in [1.54, 1.807) is 42.5 Å². The van der Waals surface area contributed by atoms with Crippen molar-refractivity contribution in [3.63, 3.8) is 0 Å². The molecule has 2 aromatic rings. The van der Waals surface area contributed by atoms with Gasteiger partial charge in [0.2, 0.25) is 11.0 Å². The summed E-state index contributed by atoms with van der Waals surface area (Å²) in [5, 5.41) is 0.319. The summed E-state index contributed by atoms with van der Waals surface area (Å²) in [5.41, 5.74) is 0.631. The minimum atomic E-state index is -4.32. The van der Waals surface area contributed by atoms with Gasteiger partial charge >= 0.3 is 13.6 Å². The predicted octanol–water partition coefficient (Wildman–Crippen LogP) is 3.04. The molecule has 33 heavy (non-hydrogen) atoms. The van der Waals surface area contributed by atoms with Crippen LogP contribution in [0.4, 0.5) is 0 Å². The molecule has 11 heteroatoms. The number of nitrogens with one attached hydrogen (secondary N) is 1. The number of amides is 1. The zero-order valence-corrected chi connectivity index (χ0v) is 20.3. The maximum absolute atomic E-state index is 13.7. The molecule has 0 spiro atoms. The van der Waals surface area contributed by atoms with Gasteiger partial charge < -0.3 is 33.3 Å². The minimum Gasteiger partial charge on any atom is -0.493 e. The molecule has 180 valence electrons. The highest BCUT2D eigenvalue weighted by Gasteiger charge is 2.59. The Morgan fingerprint density at radius 3 is 1.85 bits per heavy atom. The van der Waals surface area contributed by atoms with Gasteiger partial charge in [-0.1, -0.05) is 18.2 Å². The van der Waals surface area contributed by atoms with E-state index in [9.17, 15) is 14.2 Å². The predicted molar refractivity (Wildman–Crippen MR) is 120 cm³/mol. The quantitative estimate of drug-likeness (QED) is 0.382. The molecule has 2 rings (SSSR count). The van der Waals surface area contributed by atoms with Crippen molar-refractivity contribution in [1.82, 2.24) is 5.32 Å². The zero-order chi connectivity index (χ0) is 24.6. The monoisotopic (exact) mass is 481 g/mol. The fraction of sp³-hybridized carbons (Fsp3) is 0.364. The van der Waals surface area contributed by atoms with Crippen molar-refractivity contribution < 1.29 is 42.1 Å². The van der Waals surface area contributed by atoms with E-state index in [0.717, 1.165) is 21.3 Å². The number of carbonyl (C=O) groups excluding carboxylic acids is 2. The Hall–Kier alpha value is -3.07. The Bertz CT molecular complexity index is 995. The molecule has 0 unspecified atom stereocenters. The number of benzene rings is 2. The SMILES string of the molecule is COC(=O)[C@](Cc1cc(OC)c(OC)c(OC)c1)(NC(=O)c1ccccc1)P(=O)(OC)OC. The first-order valence-corrected chi connectivity index (χ1v) is 11.3. The molecule has 0 aliphatic heterocycles. The summed E-state index contributed by atoms with van der Waals surface area (Å²) < 4.78 is 45.1. The van der Waals surface area contributed by atoms with Crippen LogP contribution in [-0.4, -0.2) is 59.8 Å². The van der Waals surface area contributed by atoms with E-state index in [4.69, 9.17) is 28.0 Å². The van der Waals surface area contributed by atoms with Gasteiger partial charge in [-0.05, 0) is 29.8 Å². The van der Waals surface area contributed by atoms with Crippen LogP contribution in [0.5, 0.6) is 17.2 Å². The van der Waals surface area contributed by atoms with Crippen LogP contribution in [0.1, 0.15) is 15.9 Å². The third kappa shape index (κ3) is 5.13. The number of hydrogen-bond acceptors (Lipinski definition) is 9. The molecule has 0 aliphatic carbocycles. The Morgan fingerprint density at radius 1 is 0.879 bits per heavy atom. The van der Waals surface area contributed by atoms with Gasteiger partial charge in [0.25, 0.3) is 5.91 Å². The first-order chi connectivity index (χ1) is 15.7. The Balaban J connectivity index is 2.72. The number of carbonyl (C=O) groups is 2. The lowest BCUT2D eigenvalue weighted by atomic mass is 10.0. The second-order valence-corrected chi connectivity index (χ2v) is 9.23. The van der Waals surface area contributed by atoms with Crippen molar-refractivity contribution in [1.29, 1.82) is 0 Å². The number of methoxy groups -OCH3 is 4. The van der Waals surface area contributed by atoms with Crippen LogP contribution >= 0.6 is 7.60 Å². The van der Waals surface area contributed by atoms with E-state index in [1.807, 2.05) is 0 Å². The summed E-state index contributed by atoms with van der Waals surface area (Å²) in [6, 6.07) is 11.2. The molecular weight excluding hydrogens is 453 g/mol. The zero-order valence-electron chi connectivity index (χ0n) is 19.4. The van der Waals surface area contributed by atoms with Gasteiger partial charge in [-0.15, -0.1) is 0 Å². The molecule has 1 atom stereocenters. The van der Waals surface area contributed by atoms with E-state index < -0.39 is 24.8 Å². The Kier molecular flexibility index (Phi) is 8.87. The number of ether oxygens (including phenoxy) is 4. The summed E-state index contributed by atoms with van der Waals surface area (Å²) in [4.78, 5) is 26.2. The van der Waals surface area contributed by atoms with Crippen LogP contribution in [-0.2, 0) is 29.6 Å². The third-order valence-electron chi connectivity index (χ3n) is 5.01. The van der Waals surface area contributed by atoms with E-state index in [2.05, 4.69) is 5.32 Å². The molecule has 0 fully saturated rings. The number of hydrogen-bond donors (Lipinski definition) is 1. The molecule has 0 saturated heterocycles. The average Bonchev–Trinajstić information content (AvgIpc) is 2.86. The lowest BCUT2D eigenvalue weighted by molar-refractivity contribution is -0.145. The van der Waals surface area contributed by atoms with Crippen LogP contribution in [0.25, 0.3) is 0 Å². The van der Waals surface area contributed by atoms with Crippen molar-refractivity contribution in [2.75, 3.05) is 42.7 Å². The van der Waals surface area contributed by atoms with Gasteiger partial charge in [-0.2, -0.15) is 0 Å². The molecule has 0 heterocycles. The highest BCUT2D eigenvalue weighted by molar-refractivity contribution is 7.56. The topological polar surface area (TPSA) is 119 Å². The third-order valence-corrected chi connectivity index (χ3v) is 7.36. The normalized spacial score (nSPS) is 12.9. The Labute approximate surface area is 192 Å². The molecule has 10 nitrogen and oxygen atoms in total. The summed E-state index contributed by atoms with van der Waals surface area (Å²) in [6.07, 6.45) is -0.339. The summed E-state index contributed by atoms with van der Waals surface area (Å²) >= 11 is 0. The molecule has 0 aliphatic rings. The van der Waals surface area contributed by atoms with Gasteiger partial charge in [0.1, 0.15) is 0 Å². The fourth-order valence-corrected chi connectivity index (χ4v) is 5.08. The van der Waals surface area contributed by atoms with E-state index >= 15 is 0 Å². The smallest absolute Gasteiger partial charge is 0.367 e. The largest absolute Gasteiger partial charge is 0.493 e. The first-order valence-electron chi connectivity index (χ1n) is 9.72. The van der Waals surface area contributed by atoms with Gasteiger partial charge in [0, 0.05) is 26.2 Å². The molecule has 2 aromatic carbocycles. The van der Waals surface area contributed by atoms with Gasteiger partial charge in [-0.25, -0.2) is 4.79 Å². The molecule has 1 N–H and O–H groups in total. The minimum absolute atomic E-state index is 0.231. The second-order valence-electron chi connectivity index (χ2n) is 6.74. The number of esters is 1. The van der Waals surface area contributed by atoms with E-state index in [1.165, 1.54) is 21.3 Å². The van der Waals surface area contributed by atoms with Crippen molar-refractivity contribution in [2.24, 2.45) is 0 Å². The maximum Gasteiger partial charge on any atom is 0.367 e. The van der Waals surface area contributed by atoms with Gasteiger partial charge in [0.05, 0.1) is 28.4 Å². The van der Waals surface area contributed by atoms with Gasteiger partial charge in [-0.3, -0.25) is 9.36 Å². The van der Waals surface area contributed by atoms with Crippen LogP contribution in [0.3, 0.4) is 0 Å². The van der Waals surface area contributed by atoms with Crippen molar-refractivity contribution in [3.05, 3.63) is 53.6 Å². The molecule has 1 amide bonds. The maximum atomic E-state index is 13.7. The lowest BCUT2D eigenvalue weighted by Crippen LogP contribution is -2.56. The molecule has 0 radical (unpaired) electrons. The molecular formula is C22H28NO9P. The van der Waals surface area contributed by atoms with Crippen LogP contribution in [0, 0.1) is 0 Å². The summed E-state index contributed by atoms with van der Waals surface area (Å²) in [6.45, 7) is 0. The highest BCUT2D eigenvalue weighted by Crippen LogP contribution is 2.59. The molecule has 0 aromatic heterocycles. The summed E-state index contributed by atoms with van der Waals surface area (Å²) in [5.74, 6) is -0.785. The number of rotatable bonds is 11. The average molecular weight is 481 g/mol. The van der Waals surface area contributed by atoms with Crippen LogP contribution in [0.2, 0.25) is 0 Å². The van der Waals surface area contributed by atoms with Crippen LogP contribution < -0.4 is 19.5 Å². The molecule has 0 saturated carbocycles. The fourth-order valence-electron chi connectivity index (χ4n) is 3.38. The Morgan fingerprint density at radius 2 is 1.42 bits per heavy atom. The van der Waals surface area contributed by atoms with Crippen molar-refractivity contribution >= 4 is 19.5 Å². The first kappa shape index (κ1) is 26.2. The van der Waals surface area contributed by atoms with Crippen LogP contribution in [0.15, 0.2) is 42.5 Å². The summed E-state index contributed by atoms with van der Waals surface area (Å²) in [7, 11) is 3.33. The van der Waals surface area contributed by atoms with E-state index in [0.29, 0.717) is 22.8 Å². The van der Waals surface area contributed by atoms with Crippen molar-refractivity contribution in [2.45, 2.75) is 11.7 Å². The van der Waals surface area contributed by atoms with E-state index in [-0.39, 0.29) is 12.0 Å². The van der Waals surface area contributed by atoms with Crippen molar-refractivity contribution in [3.8, 4) is 17.2 Å². The second kappa shape index (κ2) is 11.2. The standard InChI is InChI=1S/C22H28NO9P/c1-27-17-12-15(13-18(28-2)19(17)29-3)14-22(21(25)30-4,33(26,31-5)32-6)23-20(24)16-10-8-7-9-11-16/h7-13H,14H2,1-6H3,(H,23,24)/t22-/m1/s1.